The second-order valence-corrected chi connectivity index (χ2v) is 5.21. The molecule has 0 spiro atoms. The van der Waals surface area contributed by atoms with Crippen LogP contribution in [0.4, 0.5) is 0 Å². The molecule has 104 valence electrons. The number of aliphatic hydroxyl groups excluding tert-OH is 1. The van der Waals surface area contributed by atoms with Gasteiger partial charge in [0.25, 0.3) is 0 Å². The second kappa shape index (κ2) is 6.18. The molecule has 2 N–H and O–H groups in total. The molecule has 0 aromatic rings. The molecule has 1 saturated heterocycles. The van der Waals surface area contributed by atoms with Crippen molar-refractivity contribution in [2.45, 2.75) is 45.6 Å². The first-order valence-electron chi connectivity index (χ1n) is 6.66. The van der Waals surface area contributed by atoms with Crippen LogP contribution in [0, 0.1) is 5.92 Å². The number of nitrogens with one attached hydrogen (secondary N) is 1. The third-order valence-corrected chi connectivity index (χ3v) is 3.84. The number of carbonyl (C=O) groups excluding carboxylic acids is 2. The molecule has 2 amide bonds. The average molecular weight is 256 g/mol. The van der Waals surface area contributed by atoms with E-state index in [0.29, 0.717) is 25.9 Å². The molecule has 0 aliphatic carbocycles. The fourth-order valence-corrected chi connectivity index (χ4v) is 2.23. The molecule has 2 unspecified atom stereocenters. The van der Waals surface area contributed by atoms with Crippen LogP contribution in [-0.2, 0) is 9.59 Å². The van der Waals surface area contributed by atoms with Gasteiger partial charge in [0.2, 0.25) is 11.8 Å². The Balaban J connectivity index is 2.58. The Morgan fingerprint density at radius 3 is 2.67 bits per heavy atom. The molecule has 1 fully saturated rings. The van der Waals surface area contributed by atoms with E-state index in [1.54, 1.807) is 4.90 Å². The van der Waals surface area contributed by atoms with Gasteiger partial charge in [-0.2, -0.15) is 0 Å². The molecule has 5 heteroatoms. The van der Waals surface area contributed by atoms with Crippen molar-refractivity contribution in [3.63, 3.8) is 0 Å². The van der Waals surface area contributed by atoms with Crippen molar-refractivity contribution < 1.29 is 14.7 Å². The first kappa shape index (κ1) is 15.0. The van der Waals surface area contributed by atoms with E-state index in [1.165, 1.54) is 0 Å². The van der Waals surface area contributed by atoms with E-state index in [9.17, 15) is 9.59 Å². The molecule has 1 aliphatic rings. The first-order valence-corrected chi connectivity index (χ1v) is 6.66. The number of aliphatic hydroxyl groups is 1. The third-order valence-electron chi connectivity index (χ3n) is 3.84. The first-order chi connectivity index (χ1) is 8.45. The molecule has 1 rings (SSSR count). The van der Waals surface area contributed by atoms with Crippen molar-refractivity contribution in [1.29, 1.82) is 0 Å². The summed E-state index contributed by atoms with van der Waals surface area (Å²) in [6.45, 7) is 7.05. The zero-order valence-electron chi connectivity index (χ0n) is 11.5. The lowest BCUT2D eigenvalue weighted by atomic mass is 9.93. The van der Waals surface area contributed by atoms with Crippen LogP contribution < -0.4 is 5.32 Å². The highest BCUT2D eigenvalue weighted by Crippen LogP contribution is 2.20. The van der Waals surface area contributed by atoms with Crippen molar-refractivity contribution in [3.8, 4) is 0 Å². The topological polar surface area (TPSA) is 69.6 Å². The van der Waals surface area contributed by atoms with Gasteiger partial charge in [0.05, 0.1) is 5.92 Å². The van der Waals surface area contributed by atoms with Gasteiger partial charge in [0, 0.05) is 31.7 Å². The lowest BCUT2D eigenvalue weighted by molar-refractivity contribution is -0.129. The van der Waals surface area contributed by atoms with Crippen LogP contribution in [0.1, 0.15) is 40.0 Å². The van der Waals surface area contributed by atoms with Crippen molar-refractivity contribution in [2.75, 3.05) is 19.7 Å². The van der Waals surface area contributed by atoms with E-state index >= 15 is 0 Å². The smallest absolute Gasteiger partial charge is 0.225 e. The van der Waals surface area contributed by atoms with Crippen molar-refractivity contribution in [2.24, 2.45) is 5.92 Å². The number of nitrogens with zero attached hydrogens (tertiary/aromatic N) is 1. The summed E-state index contributed by atoms with van der Waals surface area (Å²) < 4.78 is 0. The highest BCUT2D eigenvalue weighted by Gasteiger charge is 2.35. The predicted molar refractivity (Wildman–Crippen MR) is 68.9 cm³/mol. The molecular weight excluding hydrogens is 232 g/mol. The number of carbonyl (C=O) groups is 2. The van der Waals surface area contributed by atoms with E-state index in [2.05, 4.69) is 5.32 Å². The Labute approximate surface area is 109 Å². The summed E-state index contributed by atoms with van der Waals surface area (Å²) in [5.41, 5.74) is -0.380. The molecular formula is C13H24N2O3. The maximum Gasteiger partial charge on any atom is 0.225 e. The van der Waals surface area contributed by atoms with Gasteiger partial charge in [0.1, 0.15) is 0 Å². The predicted octanol–water partition coefficient (Wildman–Crippen LogP) is 0.522. The van der Waals surface area contributed by atoms with Gasteiger partial charge in [-0.15, -0.1) is 0 Å². The minimum Gasteiger partial charge on any atom is -0.396 e. The number of hydrogen-bond donors (Lipinski definition) is 2. The van der Waals surface area contributed by atoms with Crippen molar-refractivity contribution in [1.82, 2.24) is 10.2 Å². The Morgan fingerprint density at radius 1 is 1.56 bits per heavy atom. The van der Waals surface area contributed by atoms with Gasteiger partial charge >= 0.3 is 0 Å². The molecule has 18 heavy (non-hydrogen) atoms. The summed E-state index contributed by atoms with van der Waals surface area (Å²) in [4.78, 5) is 25.4. The van der Waals surface area contributed by atoms with E-state index in [1.807, 2.05) is 20.8 Å². The quantitative estimate of drug-likeness (QED) is 0.728. The number of hydrogen-bond acceptors (Lipinski definition) is 3. The monoisotopic (exact) mass is 256 g/mol. The van der Waals surface area contributed by atoms with Crippen LogP contribution in [0.2, 0.25) is 0 Å². The van der Waals surface area contributed by atoms with Crippen molar-refractivity contribution >= 4 is 11.8 Å². The Morgan fingerprint density at radius 2 is 2.22 bits per heavy atom. The van der Waals surface area contributed by atoms with Gasteiger partial charge in [-0.3, -0.25) is 9.59 Å². The number of likely N-dealkylation sites (tertiary alicyclic amines) is 1. The molecule has 0 aromatic carbocycles. The fraction of sp³-hybridized carbons (Fsp3) is 0.846. The summed E-state index contributed by atoms with van der Waals surface area (Å²) in [6, 6.07) is 0. The van der Waals surface area contributed by atoms with Crippen LogP contribution in [0.15, 0.2) is 0 Å². The van der Waals surface area contributed by atoms with Gasteiger partial charge < -0.3 is 15.3 Å². The van der Waals surface area contributed by atoms with Gasteiger partial charge in [-0.1, -0.05) is 6.92 Å². The van der Waals surface area contributed by atoms with Crippen LogP contribution in [0.3, 0.4) is 0 Å². The summed E-state index contributed by atoms with van der Waals surface area (Å²) in [5.74, 6) is -0.267. The summed E-state index contributed by atoms with van der Waals surface area (Å²) in [5, 5.41) is 12.0. The van der Waals surface area contributed by atoms with Crippen LogP contribution in [0.5, 0.6) is 0 Å². The summed E-state index contributed by atoms with van der Waals surface area (Å²) >= 11 is 0. The van der Waals surface area contributed by atoms with Gasteiger partial charge in [-0.05, 0) is 26.7 Å². The van der Waals surface area contributed by atoms with E-state index in [-0.39, 0.29) is 29.9 Å². The Kier molecular flexibility index (Phi) is 5.14. The maximum absolute atomic E-state index is 12.1. The van der Waals surface area contributed by atoms with Gasteiger partial charge in [0.15, 0.2) is 0 Å². The molecule has 1 heterocycles. The molecule has 2 atom stereocenters. The number of amides is 2. The normalized spacial score (nSPS) is 23.0. The van der Waals surface area contributed by atoms with E-state index < -0.39 is 0 Å². The lowest BCUT2D eigenvalue weighted by Crippen LogP contribution is -2.48. The largest absolute Gasteiger partial charge is 0.396 e. The van der Waals surface area contributed by atoms with Crippen LogP contribution in [0.25, 0.3) is 0 Å². The average Bonchev–Trinajstić information content (AvgIpc) is 2.71. The van der Waals surface area contributed by atoms with E-state index in [0.717, 1.165) is 6.42 Å². The van der Waals surface area contributed by atoms with Crippen molar-refractivity contribution in [3.05, 3.63) is 0 Å². The molecule has 1 aliphatic heterocycles. The summed E-state index contributed by atoms with van der Waals surface area (Å²) in [6.07, 6.45) is 1.60. The van der Waals surface area contributed by atoms with E-state index in [4.69, 9.17) is 5.11 Å². The van der Waals surface area contributed by atoms with Crippen LogP contribution >= 0.6 is 0 Å². The molecule has 0 saturated carbocycles. The molecule has 0 bridgehead atoms. The van der Waals surface area contributed by atoms with Gasteiger partial charge in [-0.25, -0.2) is 0 Å². The Bertz CT molecular complexity index is 319. The SMILES string of the molecule is CCN1CC(C(=O)NC(C)(CC)CCO)CC1=O. The standard InChI is InChI=1S/C13H24N2O3/c1-4-13(3,6-7-16)14-12(18)10-8-11(17)15(5-2)9-10/h10,16H,4-9H2,1-3H3,(H,14,18). The highest BCUT2D eigenvalue weighted by atomic mass is 16.3. The summed E-state index contributed by atoms with van der Waals surface area (Å²) in [7, 11) is 0. The minimum atomic E-state index is -0.380. The lowest BCUT2D eigenvalue weighted by Gasteiger charge is -2.30. The zero-order valence-corrected chi connectivity index (χ0v) is 11.5. The fourth-order valence-electron chi connectivity index (χ4n) is 2.23. The Hall–Kier alpha value is -1.10. The minimum absolute atomic E-state index is 0.0509. The second-order valence-electron chi connectivity index (χ2n) is 5.21. The van der Waals surface area contributed by atoms with Crippen LogP contribution in [-0.4, -0.2) is 47.1 Å². The zero-order chi connectivity index (χ0) is 13.8. The number of rotatable bonds is 6. The third kappa shape index (κ3) is 3.45. The molecule has 0 radical (unpaired) electrons. The molecule has 5 nitrogen and oxygen atoms in total. The molecule has 0 aromatic heterocycles. The highest BCUT2D eigenvalue weighted by molar-refractivity contribution is 5.89. The maximum atomic E-state index is 12.1.